The van der Waals surface area contributed by atoms with E-state index in [0.29, 0.717) is 17.6 Å². The topological polar surface area (TPSA) is 35.0 Å². The maximum Gasteiger partial charge on any atom is 0.161 e. The normalized spacial score (nSPS) is 10.7. The number of methoxy groups -OCH3 is 1. The molecule has 0 bridgehead atoms. The quantitative estimate of drug-likeness (QED) is 0.604. The van der Waals surface area contributed by atoms with Gasteiger partial charge in [-0.05, 0) is 41.1 Å². The van der Waals surface area contributed by atoms with Crippen LogP contribution < -0.4 is 0 Å². The van der Waals surface area contributed by atoms with Crippen LogP contribution in [0.3, 0.4) is 0 Å². The third-order valence-corrected chi connectivity index (χ3v) is 4.36. The van der Waals surface area contributed by atoms with Crippen molar-refractivity contribution in [3.8, 4) is 11.4 Å². The minimum absolute atomic E-state index is 0.496. The maximum absolute atomic E-state index is 6.09. The highest BCUT2D eigenvalue weighted by Gasteiger charge is 2.09. The first-order chi connectivity index (χ1) is 8.61. The van der Waals surface area contributed by atoms with Crippen LogP contribution in [-0.2, 0) is 11.3 Å². The molecule has 0 aliphatic carbocycles. The summed E-state index contributed by atoms with van der Waals surface area (Å²) in [6.45, 7) is 2.50. The van der Waals surface area contributed by atoms with Crippen LogP contribution in [0.15, 0.2) is 24.3 Å². The Labute approximate surface area is 125 Å². The second-order valence-electron chi connectivity index (χ2n) is 3.87. The molecule has 0 unspecified atom stereocenters. The SMILES string of the molecule is COCc1cccc(-c2nc(C)c(I)c(Cl)n2)c1. The van der Waals surface area contributed by atoms with Crippen LogP contribution >= 0.6 is 34.2 Å². The molecule has 0 fully saturated rings. The lowest BCUT2D eigenvalue weighted by Gasteiger charge is -2.06. The van der Waals surface area contributed by atoms with Gasteiger partial charge in [0.05, 0.1) is 15.9 Å². The van der Waals surface area contributed by atoms with E-state index in [9.17, 15) is 0 Å². The summed E-state index contributed by atoms with van der Waals surface area (Å²) in [7, 11) is 1.68. The second-order valence-corrected chi connectivity index (χ2v) is 5.31. The molecule has 0 aliphatic heterocycles. The molecule has 3 nitrogen and oxygen atoms in total. The fraction of sp³-hybridized carbons (Fsp3) is 0.231. The fourth-order valence-corrected chi connectivity index (χ4v) is 2.08. The molecule has 1 heterocycles. The molecule has 1 aromatic heterocycles. The lowest BCUT2D eigenvalue weighted by Crippen LogP contribution is -1.97. The Morgan fingerprint density at radius 2 is 2.11 bits per heavy atom. The number of hydrogen-bond donors (Lipinski definition) is 0. The van der Waals surface area contributed by atoms with Crippen molar-refractivity contribution in [3.63, 3.8) is 0 Å². The number of aromatic nitrogens is 2. The van der Waals surface area contributed by atoms with E-state index in [2.05, 4.69) is 32.6 Å². The van der Waals surface area contributed by atoms with Crippen LogP contribution in [-0.4, -0.2) is 17.1 Å². The largest absolute Gasteiger partial charge is 0.380 e. The average molecular weight is 375 g/mol. The van der Waals surface area contributed by atoms with Crippen molar-refractivity contribution in [3.05, 3.63) is 44.2 Å². The summed E-state index contributed by atoms with van der Waals surface area (Å²) in [6.07, 6.45) is 0. The monoisotopic (exact) mass is 374 g/mol. The summed E-state index contributed by atoms with van der Waals surface area (Å²) in [5.74, 6) is 0.649. The third-order valence-electron chi connectivity index (χ3n) is 2.47. The lowest BCUT2D eigenvalue weighted by molar-refractivity contribution is 0.185. The number of hydrogen-bond acceptors (Lipinski definition) is 3. The van der Waals surface area contributed by atoms with Crippen LogP contribution in [0.4, 0.5) is 0 Å². The molecule has 0 saturated heterocycles. The van der Waals surface area contributed by atoms with Gasteiger partial charge in [0.15, 0.2) is 5.82 Å². The van der Waals surface area contributed by atoms with Crippen molar-refractivity contribution in [2.45, 2.75) is 13.5 Å². The molecule has 0 aliphatic rings. The van der Waals surface area contributed by atoms with Crippen LogP contribution in [0.5, 0.6) is 0 Å². The molecule has 1 aromatic carbocycles. The van der Waals surface area contributed by atoms with Gasteiger partial charge in [-0.15, -0.1) is 0 Å². The van der Waals surface area contributed by atoms with E-state index in [0.717, 1.165) is 20.4 Å². The summed E-state index contributed by atoms with van der Waals surface area (Å²) in [4.78, 5) is 8.77. The summed E-state index contributed by atoms with van der Waals surface area (Å²) in [6, 6.07) is 7.96. The molecule has 18 heavy (non-hydrogen) atoms. The molecule has 5 heteroatoms. The van der Waals surface area contributed by atoms with Crippen molar-refractivity contribution < 1.29 is 4.74 Å². The minimum Gasteiger partial charge on any atom is -0.380 e. The zero-order valence-electron chi connectivity index (χ0n) is 10.1. The first kappa shape index (κ1) is 13.7. The summed E-state index contributed by atoms with van der Waals surface area (Å²) >= 11 is 8.23. The Hall–Kier alpha value is -0.720. The average Bonchev–Trinajstić information content (AvgIpc) is 2.36. The number of halogens is 2. The van der Waals surface area contributed by atoms with Gasteiger partial charge in [0.2, 0.25) is 0 Å². The van der Waals surface area contributed by atoms with E-state index in [-0.39, 0.29) is 0 Å². The number of nitrogens with zero attached hydrogens (tertiary/aromatic N) is 2. The number of rotatable bonds is 3. The Kier molecular flexibility index (Phi) is 4.53. The molecular formula is C13H12ClIN2O. The lowest BCUT2D eigenvalue weighted by atomic mass is 10.1. The van der Waals surface area contributed by atoms with Gasteiger partial charge in [-0.2, -0.15) is 0 Å². The third kappa shape index (κ3) is 2.99. The smallest absolute Gasteiger partial charge is 0.161 e. The molecule has 0 saturated carbocycles. The van der Waals surface area contributed by atoms with Gasteiger partial charge in [-0.1, -0.05) is 29.8 Å². The predicted octanol–water partition coefficient (Wildman–Crippen LogP) is 3.86. The molecule has 0 amide bonds. The van der Waals surface area contributed by atoms with Crippen LogP contribution in [0.2, 0.25) is 5.15 Å². The van der Waals surface area contributed by atoms with Crippen molar-refractivity contribution in [1.82, 2.24) is 9.97 Å². The van der Waals surface area contributed by atoms with Gasteiger partial charge in [-0.3, -0.25) is 0 Å². The van der Waals surface area contributed by atoms with Gasteiger partial charge < -0.3 is 4.74 Å². The van der Waals surface area contributed by atoms with Gasteiger partial charge in [0, 0.05) is 12.7 Å². The van der Waals surface area contributed by atoms with E-state index in [4.69, 9.17) is 16.3 Å². The molecular weight excluding hydrogens is 363 g/mol. The van der Waals surface area contributed by atoms with Crippen molar-refractivity contribution in [2.75, 3.05) is 7.11 Å². The van der Waals surface area contributed by atoms with Gasteiger partial charge >= 0.3 is 0 Å². The van der Waals surface area contributed by atoms with Crippen LogP contribution in [0.25, 0.3) is 11.4 Å². The van der Waals surface area contributed by atoms with E-state index in [1.54, 1.807) is 7.11 Å². The summed E-state index contributed by atoms with van der Waals surface area (Å²) < 4.78 is 6.01. The summed E-state index contributed by atoms with van der Waals surface area (Å²) in [5, 5.41) is 0.496. The Morgan fingerprint density at radius 3 is 2.78 bits per heavy atom. The van der Waals surface area contributed by atoms with Crippen molar-refractivity contribution >= 4 is 34.2 Å². The molecule has 0 N–H and O–H groups in total. The zero-order chi connectivity index (χ0) is 13.1. The highest BCUT2D eigenvalue weighted by molar-refractivity contribution is 14.1. The van der Waals surface area contributed by atoms with Crippen LogP contribution in [0.1, 0.15) is 11.3 Å². The van der Waals surface area contributed by atoms with Crippen LogP contribution in [0, 0.1) is 10.5 Å². The van der Waals surface area contributed by atoms with E-state index in [1.807, 2.05) is 31.2 Å². The molecule has 0 spiro atoms. The number of aryl methyl sites for hydroxylation is 1. The number of ether oxygens (including phenoxy) is 1. The molecule has 2 aromatic rings. The fourth-order valence-electron chi connectivity index (χ4n) is 1.62. The van der Waals surface area contributed by atoms with E-state index in [1.165, 1.54) is 0 Å². The molecule has 94 valence electrons. The molecule has 2 rings (SSSR count). The van der Waals surface area contributed by atoms with Gasteiger partial charge in [0.25, 0.3) is 0 Å². The Bertz CT molecular complexity index is 552. The maximum atomic E-state index is 6.09. The minimum atomic E-state index is 0.496. The van der Waals surface area contributed by atoms with E-state index < -0.39 is 0 Å². The highest BCUT2D eigenvalue weighted by atomic mass is 127. The summed E-state index contributed by atoms with van der Waals surface area (Å²) in [5.41, 5.74) is 2.93. The first-order valence-corrected chi connectivity index (χ1v) is 6.85. The zero-order valence-corrected chi connectivity index (χ0v) is 13.0. The second kappa shape index (κ2) is 5.95. The van der Waals surface area contributed by atoms with Gasteiger partial charge in [-0.25, -0.2) is 9.97 Å². The molecule has 0 atom stereocenters. The molecule has 0 radical (unpaired) electrons. The van der Waals surface area contributed by atoms with Gasteiger partial charge in [0.1, 0.15) is 5.15 Å². The van der Waals surface area contributed by atoms with Crippen molar-refractivity contribution in [2.24, 2.45) is 0 Å². The highest BCUT2D eigenvalue weighted by Crippen LogP contribution is 2.24. The van der Waals surface area contributed by atoms with E-state index >= 15 is 0 Å². The number of benzene rings is 1. The van der Waals surface area contributed by atoms with Crippen molar-refractivity contribution in [1.29, 1.82) is 0 Å². The first-order valence-electron chi connectivity index (χ1n) is 5.39. The standard InChI is InChI=1S/C13H12ClIN2O/c1-8-11(15)12(14)17-13(16-8)10-5-3-4-9(6-10)7-18-2/h3-6H,7H2,1-2H3. The Morgan fingerprint density at radius 1 is 1.33 bits per heavy atom. The predicted molar refractivity (Wildman–Crippen MR) is 80.6 cm³/mol. The Balaban J connectivity index is 2.45.